The Kier molecular flexibility index (Phi) is 5.00. The summed E-state index contributed by atoms with van der Waals surface area (Å²) in [5.41, 5.74) is 0.552. The molecule has 5 nitrogen and oxygen atoms in total. The highest BCUT2D eigenvalue weighted by Crippen LogP contribution is 2.29. The van der Waals surface area contributed by atoms with E-state index in [0.717, 1.165) is 23.5 Å². The van der Waals surface area contributed by atoms with E-state index in [0.29, 0.717) is 11.6 Å². The average Bonchev–Trinajstić information content (AvgIpc) is 2.82. The number of nitrogens with one attached hydrogen (secondary N) is 1. The second-order valence-corrected chi connectivity index (χ2v) is 7.26. The van der Waals surface area contributed by atoms with E-state index in [9.17, 15) is 22.0 Å². The molecule has 0 fully saturated rings. The molecule has 0 spiro atoms. The maximum atomic E-state index is 13.2. The van der Waals surface area contributed by atoms with Crippen molar-refractivity contribution in [1.82, 2.24) is 0 Å². The van der Waals surface area contributed by atoms with Crippen LogP contribution in [0, 0.1) is 18.6 Å². The highest BCUT2D eigenvalue weighted by Gasteiger charge is 2.20. The van der Waals surface area contributed by atoms with E-state index in [1.807, 2.05) is 0 Å². The van der Waals surface area contributed by atoms with E-state index >= 15 is 0 Å². The number of thiophene rings is 1. The molecule has 1 aromatic heterocycles. The van der Waals surface area contributed by atoms with Crippen LogP contribution < -0.4 is 4.72 Å². The van der Waals surface area contributed by atoms with Crippen molar-refractivity contribution in [3.05, 3.63) is 46.3 Å². The number of esters is 1. The molecule has 0 saturated carbocycles. The van der Waals surface area contributed by atoms with Crippen molar-refractivity contribution in [2.24, 2.45) is 0 Å². The summed E-state index contributed by atoms with van der Waals surface area (Å²) in [6.45, 7) is 3.50. The lowest BCUT2D eigenvalue weighted by Crippen LogP contribution is -2.12. The van der Waals surface area contributed by atoms with Crippen molar-refractivity contribution in [1.29, 1.82) is 0 Å². The Balaban J connectivity index is 2.29. The van der Waals surface area contributed by atoms with Gasteiger partial charge in [-0.15, -0.1) is 11.3 Å². The maximum Gasteiger partial charge on any atom is 0.348 e. The number of benzene rings is 1. The van der Waals surface area contributed by atoms with Gasteiger partial charge in [0.1, 0.15) is 9.88 Å². The van der Waals surface area contributed by atoms with Gasteiger partial charge in [0.15, 0.2) is 11.6 Å². The predicted molar refractivity (Wildman–Crippen MR) is 82.2 cm³/mol. The number of anilines is 1. The van der Waals surface area contributed by atoms with E-state index in [1.54, 1.807) is 13.8 Å². The normalized spacial score (nSPS) is 11.3. The SMILES string of the molecule is CCOC(=O)c1sc(NS(=O)(=O)c2ccc(F)c(F)c2)cc1C. The molecule has 0 aliphatic carbocycles. The van der Waals surface area contributed by atoms with Gasteiger partial charge in [-0.05, 0) is 43.7 Å². The molecule has 0 amide bonds. The van der Waals surface area contributed by atoms with Crippen LogP contribution >= 0.6 is 11.3 Å². The summed E-state index contributed by atoms with van der Waals surface area (Å²) in [6, 6.07) is 3.74. The topological polar surface area (TPSA) is 72.5 Å². The Hall–Kier alpha value is -2.00. The van der Waals surface area contributed by atoms with Crippen LogP contribution in [0.1, 0.15) is 22.2 Å². The fraction of sp³-hybridized carbons (Fsp3) is 0.214. The molecule has 1 heterocycles. The lowest BCUT2D eigenvalue weighted by molar-refractivity contribution is 0.0531. The molecule has 0 bridgehead atoms. The van der Waals surface area contributed by atoms with Gasteiger partial charge in [-0.1, -0.05) is 0 Å². The summed E-state index contributed by atoms with van der Waals surface area (Å²) in [5, 5.41) is 0.176. The van der Waals surface area contributed by atoms with Crippen molar-refractivity contribution in [2.75, 3.05) is 11.3 Å². The molecule has 1 N–H and O–H groups in total. The summed E-state index contributed by atoms with van der Waals surface area (Å²) in [4.78, 5) is 11.6. The molecule has 2 rings (SSSR count). The van der Waals surface area contributed by atoms with Crippen LogP contribution in [0.3, 0.4) is 0 Å². The van der Waals surface area contributed by atoms with E-state index in [-0.39, 0.29) is 16.5 Å². The third kappa shape index (κ3) is 3.85. The summed E-state index contributed by atoms with van der Waals surface area (Å²) in [6.07, 6.45) is 0. The number of carbonyl (C=O) groups excluding carboxylic acids is 1. The third-order valence-electron chi connectivity index (χ3n) is 2.81. The van der Waals surface area contributed by atoms with Crippen LogP contribution in [0.25, 0.3) is 0 Å². The number of halogens is 2. The smallest absolute Gasteiger partial charge is 0.348 e. The predicted octanol–water partition coefficient (Wildman–Crippen LogP) is 3.31. The highest BCUT2D eigenvalue weighted by atomic mass is 32.2. The first-order chi connectivity index (χ1) is 10.7. The molecular weight excluding hydrogens is 348 g/mol. The molecule has 23 heavy (non-hydrogen) atoms. The van der Waals surface area contributed by atoms with E-state index in [1.165, 1.54) is 6.07 Å². The molecule has 0 atom stereocenters. The van der Waals surface area contributed by atoms with Crippen LogP contribution in [-0.2, 0) is 14.8 Å². The van der Waals surface area contributed by atoms with Crippen molar-refractivity contribution in [2.45, 2.75) is 18.7 Å². The lowest BCUT2D eigenvalue weighted by Gasteiger charge is -2.06. The van der Waals surface area contributed by atoms with Crippen molar-refractivity contribution < 1.29 is 26.7 Å². The van der Waals surface area contributed by atoms with Crippen LogP contribution in [0.4, 0.5) is 13.8 Å². The van der Waals surface area contributed by atoms with Gasteiger partial charge >= 0.3 is 5.97 Å². The fourth-order valence-electron chi connectivity index (χ4n) is 1.77. The monoisotopic (exact) mass is 361 g/mol. The molecule has 0 aliphatic heterocycles. The Morgan fingerprint density at radius 3 is 2.57 bits per heavy atom. The molecular formula is C14H13F2NO4S2. The zero-order valence-corrected chi connectivity index (χ0v) is 13.9. The number of hydrogen-bond donors (Lipinski definition) is 1. The molecule has 2 aromatic rings. The number of sulfonamides is 1. The molecule has 1 aromatic carbocycles. The van der Waals surface area contributed by atoms with E-state index in [2.05, 4.69) is 4.72 Å². The number of ether oxygens (including phenoxy) is 1. The van der Waals surface area contributed by atoms with E-state index < -0.39 is 32.5 Å². The van der Waals surface area contributed by atoms with Crippen molar-refractivity contribution in [3.8, 4) is 0 Å². The summed E-state index contributed by atoms with van der Waals surface area (Å²) in [7, 11) is -4.09. The zero-order valence-electron chi connectivity index (χ0n) is 12.2. The number of aryl methyl sites for hydroxylation is 1. The molecule has 0 radical (unpaired) electrons. The maximum absolute atomic E-state index is 13.2. The number of carbonyl (C=O) groups is 1. The second-order valence-electron chi connectivity index (χ2n) is 4.52. The lowest BCUT2D eigenvalue weighted by atomic mass is 10.3. The Bertz CT molecular complexity index is 846. The van der Waals surface area contributed by atoms with Gasteiger partial charge in [0.25, 0.3) is 10.0 Å². The highest BCUT2D eigenvalue weighted by molar-refractivity contribution is 7.93. The van der Waals surface area contributed by atoms with Crippen LogP contribution in [0.5, 0.6) is 0 Å². The first-order valence-electron chi connectivity index (χ1n) is 6.50. The first-order valence-corrected chi connectivity index (χ1v) is 8.80. The van der Waals surface area contributed by atoms with Gasteiger partial charge in [0.05, 0.1) is 11.5 Å². The molecule has 0 unspecified atom stereocenters. The minimum atomic E-state index is -4.09. The Morgan fingerprint density at radius 1 is 1.26 bits per heavy atom. The van der Waals surface area contributed by atoms with Gasteiger partial charge in [0.2, 0.25) is 0 Å². The minimum absolute atomic E-state index is 0.176. The van der Waals surface area contributed by atoms with Crippen molar-refractivity contribution >= 4 is 32.3 Å². The number of hydrogen-bond acceptors (Lipinski definition) is 5. The molecule has 0 aliphatic rings. The minimum Gasteiger partial charge on any atom is -0.462 e. The zero-order chi connectivity index (χ0) is 17.2. The van der Waals surface area contributed by atoms with Crippen LogP contribution in [0.15, 0.2) is 29.2 Å². The second kappa shape index (κ2) is 6.63. The van der Waals surface area contributed by atoms with Gasteiger partial charge < -0.3 is 4.74 Å². The quantitative estimate of drug-likeness (QED) is 0.830. The van der Waals surface area contributed by atoms with Gasteiger partial charge in [-0.25, -0.2) is 22.0 Å². The molecule has 124 valence electrons. The molecule has 9 heteroatoms. The average molecular weight is 361 g/mol. The van der Waals surface area contributed by atoms with Crippen LogP contribution in [0.2, 0.25) is 0 Å². The van der Waals surface area contributed by atoms with Crippen molar-refractivity contribution in [3.63, 3.8) is 0 Å². The summed E-state index contributed by atoms with van der Waals surface area (Å²) >= 11 is 0.904. The van der Waals surface area contributed by atoms with E-state index in [4.69, 9.17) is 4.74 Å². The van der Waals surface area contributed by atoms with Gasteiger partial charge in [0, 0.05) is 0 Å². The molecule has 0 saturated heterocycles. The standard InChI is InChI=1S/C14H13F2NO4S2/c1-3-21-14(18)13-8(2)6-12(22-13)17-23(19,20)9-4-5-10(15)11(16)7-9/h4-7,17H,3H2,1-2H3. The first kappa shape index (κ1) is 17.4. The van der Waals surface area contributed by atoms with Gasteiger partial charge in [-0.3, -0.25) is 4.72 Å². The van der Waals surface area contributed by atoms with Crippen LogP contribution in [-0.4, -0.2) is 21.0 Å². The summed E-state index contributed by atoms with van der Waals surface area (Å²) < 4.78 is 57.5. The fourth-order valence-corrected chi connectivity index (χ4v) is 4.03. The largest absolute Gasteiger partial charge is 0.462 e. The Morgan fingerprint density at radius 2 is 1.96 bits per heavy atom. The third-order valence-corrected chi connectivity index (χ3v) is 5.44. The van der Waals surface area contributed by atoms with Gasteiger partial charge in [-0.2, -0.15) is 0 Å². The number of rotatable bonds is 5. The Labute approximate surface area is 136 Å². The summed E-state index contributed by atoms with van der Waals surface area (Å²) in [5.74, 6) is -2.95.